The number of fused-ring (bicyclic) bond motifs is 1. The molecule has 1 aromatic carbocycles. The highest BCUT2D eigenvalue weighted by molar-refractivity contribution is 5.80. The number of aromatic nitrogens is 1. The summed E-state index contributed by atoms with van der Waals surface area (Å²) in [6.45, 7) is 3.45. The number of benzene rings is 1. The van der Waals surface area contributed by atoms with E-state index in [1.54, 1.807) is 4.90 Å². The van der Waals surface area contributed by atoms with Gasteiger partial charge in [0.1, 0.15) is 0 Å². The molecule has 6 heteroatoms. The minimum Gasteiger partial charge on any atom is -0.387 e. The number of aromatic amines is 1. The van der Waals surface area contributed by atoms with Crippen molar-refractivity contribution in [2.75, 3.05) is 33.7 Å². The number of H-pyrrole nitrogens is 1. The number of likely N-dealkylation sites (N-methyl/N-ethyl adjacent to an activating group) is 1. The number of para-hydroxylation sites is 1. The maximum Gasteiger partial charge on any atom is 0.223 e. The zero-order valence-electron chi connectivity index (χ0n) is 16.4. The van der Waals surface area contributed by atoms with Crippen molar-refractivity contribution in [3.8, 4) is 0 Å². The van der Waals surface area contributed by atoms with Gasteiger partial charge < -0.3 is 19.9 Å². The fourth-order valence-corrected chi connectivity index (χ4v) is 4.13. The van der Waals surface area contributed by atoms with Gasteiger partial charge in [0.25, 0.3) is 0 Å². The Morgan fingerprint density at radius 2 is 2.07 bits per heavy atom. The zero-order valence-corrected chi connectivity index (χ0v) is 16.4. The summed E-state index contributed by atoms with van der Waals surface area (Å²) in [4.78, 5) is 32.5. The van der Waals surface area contributed by atoms with Crippen LogP contribution in [0.1, 0.15) is 30.5 Å². The molecule has 0 radical (unpaired) electrons. The van der Waals surface area contributed by atoms with Gasteiger partial charge in [-0.25, -0.2) is 0 Å². The Kier molecular flexibility index (Phi) is 5.67. The van der Waals surface area contributed by atoms with Gasteiger partial charge in [-0.05, 0) is 52.4 Å². The van der Waals surface area contributed by atoms with Crippen LogP contribution in [0.5, 0.6) is 0 Å². The number of hydrogen-bond acceptors (Lipinski definition) is 4. The molecule has 0 aliphatic carbocycles. The molecule has 2 heterocycles. The van der Waals surface area contributed by atoms with Crippen LogP contribution in [0, 0.1) is 6.92 Å². The summed E-state index contributed by atoms with van der Waals surface area (Å²) in [5.41, 5.74) is 1.45. The van der Waals surface area contributed by atoms with Gasteiger partial charge in [0.05, 0.1) is 12.1 Å². The molecule has 3 rings (SSSR count). The number of amides is 1. The van der Waals surface area contributed by atoms with Gasteiger partial charge in [-0.3, -0.25) is 9.59 Å². The predicted octanol–water partition coefficient (Wildman–Crippen LogP) is 1.68. The third-order valence-electron chi connectivity index (χ3n) is 5.33. The van der Waals surface area contributed by atoms with Crippen LogP contribution in [-0.2, 0) is 11.2 Å². The molecule has 0 spiro atoms. The second kappa shape index (κ2) is 7.82. The van der Waals surface area contributed by atoms with Crippen LogP contribution in [0.3, 0.4) is 0 Å². The number of pyridine rings is 1. The monoisotopic (exact) mass is 371 g/mol. The summed E-state index contributed by atoms with van der Waals surface area (Å²) in [5, 5.41) is 11.4. The third kappa shape index (κ3) is 4.39. The fourth-order valence-electron chi connectivity index (χ4n) is 4.13. The van der Waals surface area contributed by atoms with E-state index in [9.17, 15) is 14.7 Å². The Balaban J connectivity index is 1.71. The van der Waals surface area contributed by atoms with E-state index >= 15 is 0 Å². The van der Waals surface area contributed by atoms with E-state index in [4.69, 9.17) is 0 Å². The van der Waals surface area contributed by atoms with E-state index in [0.717, 1.165) is 17.6 Å². The van der Waals surface area contributed by atoms with Gasteiger partial charge >= 0.3 is 0 Å². The quantitative estimate of drug-likeness (QED) is 0.839. The van der Waals surface area contributed by atoms with E-state index in [-0.39, 0.29) is 17.8 Å². The smallest absolute Gasteiger partial charge is 0.223 e. The lowest BCUT2D eigenvalue weighted by molar-refractivity contribution is -0.139. The van der Waals surface area contributed by atoms with Gasteiger partial charge in [0.15, 0.2) is 5.43 Å². The molecule has 0 unspecified atom stereocenters. The van der Waals surface area contributed by atoms with Crippen LogP contribution in [0.25, 0.3) is 10.9 Å². The van der Waals surface area contributed by atoms with Crippen LogP contribution in [0.15, 0.2) is 29.1 Å². The zero-order chi connectivity index (χ0) is 19.6. The predicted molar refractivity (Wildman–Crippen MR) is 107 cm³/mol. The van der Waals surface area contributed by atoms with Gasteiger partial charge in [-0.15, -0.1) is 0 Å². The molecule has 0 bridgehead atoms. The van der Waals surface area contributed by atoms with E-state index in [1.807, 2.05) is 50.2 Å². The molecule has 1 aliphatic heterocycles. The molecule has 1 atom stereocenters. The molecule has 2 N–H and O–H groups in total. The number of aliphatic hydroxyl groups is 1. The summed E-state index contributed by atoms with van der Waals surface area (Å²) in [6.07, 6.45) is 2.19. The number of aryl methyl sites for hydroxylation is 1. The number of rotatable bonds is 5. The molecule has 6 nitrogen and oxygen atoms in total. The second-order valence-electron chi connectivity index (χ2n) is 7.98. The van der Waals surface area contributed by atoms with Crippen molar-refractivity contribution < 1.29 is 9.90 Å². The van der Waals surface area contributed by atoms with E-state index in [1.165, 1.54) is 0 Å². The molecule has 1 saturated heterocycles. The molecule has 146 valence electrons. The van der Waals surface area contributed by atoms with E-state index in [2.05, 4.69) is 4.98 Å². The highest BCUT2D eigenvalue weighted by Crippen LogP contribution is 2.23. The molecule has 1 fully saturated rings. The number of nitrogens with zero attached hydrogens (tertiary/aromatic N) is 2. The first-order chi connectivity index (χ1) is 12.8. The molecule has 1 aliphatic rings. The Bertz CT molecular complexity index is 890. The summed E-state index contributed by atoms with van der Waals surface area (Å²) in [6, 6.07) is 7.44. The molecule has 0 saturated carbocycles. The largest absolute Gasteiger partial charge is 0.387 e. The number of carbonyl (C=O) groups excluding carboxylic acids is 1. The van der Waals surface area contributed by atoms with Gasteiger partial charge in [-0.1, -0.05) is 12.1 Å². The topological polar surface area (TPSA) is 76.6 Å². The molecular weight excluding hydrogens is 342 g/mol. The Morgan fingerprint density at radius 1 is 1.33 bits per heavy atom. The average molecular weight is 371 g/mol. The number of likely N-dealkylation sites (tertiary alicyclic amines) is 1. The molecule has 2 aromatic rings. The minimum atomic E-state index is -0.853. The summed E-state index contributed by atoms with van der Waals surface area (Å²) >= 11 is 0. The van der Waals surface area contributed by atoms with Crippen LogP contribution in [0.2, 0.25) is 0 Å². The number of piperidine rings is 1. The Morgan fingerprint density at radius 3 is 2.81 bits per heavy atom. The first-order valence-electron chi connectivity index (χ1n) is 9.54. The highest BCUT2D eigenvalue weighted by Gasteiger charge is 2.35. The lowest BCUT2D eigenvalue weighted by Crippen LogP contribution is -2.54. The first kappa shape index (κ1) is 19.6. The van der Waals surface area contributed by atoms with Crippen LogP contribution in [-0.4, -0.2) is 65.1 Å². The lowest BCUT2D eigenvalue weighted by atomic mass is 9.92. The second-order valence-corrected chi connectivity index (χ2v) is 7.98. The van der Waals surface area contributed by atoms with Crippen molar-refractivity contribution in [1.29, 1.82) is 0 Å². The summed E-state index contributed by atoms with van der Waals surface area (Å²) < 4.78 is 0. The summed E-state index contributed by atoms with van der Waals surface area (Å²) in [7, 11) is 3.85. The lowest BCUT2D eigenvalue weighted by Gasteiger charge is -2.40. The fraction of sp³-hybridized carbons (Fsp3) is 0.524. The molecular formula is C21H29N3O3. The maximum absolute atomic E-state index is 12.8. The average Bonchev–Trinajstić information content (AvgIpc) is 2.60. The van der Waals surface area contributed by atoms with Gasteiger partial charge in [0, 0.05) is 41.7 Å². The standard InChI is InChI=1S/C21H29N3O3/c1-15-16(20(26)17-7-4-5-8-18(17)22-15)9-10-19(25)24-12-6-11-21(27,14-24)13-23(2)3/h4-5,7-8,27H,6,9-14H2,1-3H3,(H,22,26)/t21-/m1/s1. The van der Waals surface area contributed by atoms with Gasteiger partial charge in [0.2, 0.25) is 5.91 Å². The highest BCUT2D eigenvalue weighted by atomic mass is 16.3. The van der Waals surface area contributed by atoms with Crippen LogP contribution < -0.4 is 5.43 Å². The Labute approximate surface area is 159 Å². The van der Waals surface area contributed by atoms with Crippen molar-refractivity contribution >= 4 is 16.8 Å². The summed E-state index contributed by atoms with van der Waals surface area (Å²) in [5.74, 6) is -0.00107. The first-order valence-corrected chi connectivity index (χ1v) is 9.54. The van der Waals surface area contributed by atoms with Crippen molar-refractivity contribution in [1.82, 2.24) is 14.8 Å². The SMILES string of the molecule is Cc1[nH]c2ccccc2c(=O)c1CCC(=O)N1CCC[C@@](O)(CN(C)C)C1. The van der Waals surface area contributed by atoms with E-state index in [0.29, 0.717) is 43.4 Å². The van der Waals surface area contributed by atoms with E-state index < -0.39 is 5.60 Å². The van der Waals surface area contributed by atoms with Crippen molar-refractivity contribution in [2.45, 2.75) is 38.2 Å². The number of β-amino-alcohol motifs (C(OH)–C–C–N with tert-alkyl or cyclic N) is 1. The normalized spacial score (nSPS) is 20.4. The molecule has 1 aromatic heterocycles. The van der Waals surface area contributed by atoms with Crippen molar-refractivity contribution in [3.63, 3.8) is 0 Å². The van der Waals surface area contributed by atoms with Gasteiger partial charge in [-0.2, -0.15) is 0 Å². The minimum absolute atomic E-state index is 0.00107. The van der Waals surface area contributed by atoms with Crippen LogP contribution in [0.4, 0.5) is 0 Å². The molecule has 1 amide bonds. The maximum atomic E-state index is 12.8. The number of carbonyl (C=O) groups is 1. The number of hydrogen-bond donors (Lipinski definition) is 2. The number of nitrogens with one attached hydrogen (secondary N) is 1. The molecule has 27 heavy (non-hydrogen) atoms. The van der Waals surface area contributed by atoms with Crippen LogP contribution >= 0.6 is 0 Å². The third-order valence-corrected chi connectivity index (χ3v) is 5.33. The Hall–Kier alpha value is -2.18. The van der Waals surface area contributed by atoms with Crippen molar-refractivity contribution in [2.24, 2.45) is 0 Å². The van der Waals surface area contributed by atoms with Crippen molar-refractivity contribution in [3.05, 3.63) is 45.7 Å².